The highest BCUT2D eigenvalue weighted by atomic mass is 16.2. The number of hydrogen-bond donors (Lipinski definition) is 1. The monoisotopic (exact) mass is 330 g/mol. The summed E-state index contributed by atoms with van der Waals surface area (Å²) in [7, 11) is 0. The minimum absolute atomic E-state index is 0.0272. The maximum Gasteiger partial charge on any atom is 0.244 e. The highest BCUT2D eigenvalue weighted by Crippen LogP contribution is 2.30. The molecular weight excluding hydrogens is 308 g/mol. The van der Waals surface area contributed by atoms with Crippen molar-refractivity contribution in [1.82, 2.24) is 29.9 Å². The second kappa shape index (κ2) is 6.18. The molecule has 0 aromatic carbocycles. The number of rotatable bonds is 4. The highest BCUT2D eigenvalue weighted by molar-refractivity contribution is 5.96. The summed E-state index contributed by atoms with van der Waals surface area (Å²) in [5.74, 6) is 1.35. The Morgan fingerprint density at radius 2 is 2.04 bits per heavy atom. The number of amides is 1. The number of carbonyl (C=O) groups is 2. The van der Waals surface area contributed by atoms with Crippen molar-refractivity contribution >= 4 is 11.7 Å². The summed E-state index contributed by atoms with van der Waals surface area (Å²) < 4.78 is 1.62. The predicted octanol–water partition coefficient (Wildman–Crippen LogP) is 1.49. The first-order valence-corrected chi connectivity index (χ1v) is 8.11. The molecule has 8 nitrogen and oxygen atoms in total. The van der Waals surface area contributed by atoms with Crippen molar-refractivity contribution in [3.05, 3.63) is 28.6 Å². The lowest BCUT2D eigenvalue weighted by molar-refractivity contribution is -0.133. The standard InChI is InChI=1S/C16H22N6O2/c1-9-15(11(3)23)10(2)22(20-9)8-14(24)21-7-5-6-13(21)16-17-12(4)18-19-16/h13H,5-8H2,1-4H3,(H,17,18,19)/t13-/m0/s1. The molecule has 1 fully saturated rings. The fourth-order valence-corrected chi connectivity index (χ4v) is 3.42. The molecular formula is C16H22N6O2. The first-order valence-electron chi connectivity index (χ1n) is 8.11. The SMILES string of the molecule is CC(=O)c1c(C)nn(CC(=O)N2CCC[C@H]2c2n[nH]c(C)n2)c1C. The van der Waals surface area contributed by atoms with Gasteiger partial charge in [0.2, 0.25) is 5.91 Å². The average molecular weight is 330 g/mol. The fraction of sp³-hybridized carbons (Fsp3) is 0.562. The molecule has 0 radical (unpaired) electrons. The van der Waals surface area contributed by atoms with E-state index in [1.807, 2.05) is 18.7 Å². The van der Waals surface area contributed by atoms with E-state index in [-0.39, 0.29) is 24.3 Å². The van der Waals surface area contributed by atoms with E-state index in [1.54, 1.807) is 11.6 Å². The van der Waals surface area contributed by atoms with Crippen LogP contribution in [-0.2, 0) is 11.3 Å². The lowest BCUT2D eigenvalue weighted by Crippen LogP contribution is -2.34. The van der Waals surface area contributed by atoms with Crippen LogP contribution in [0.15, 0.2) is 0 Å². The molecule has 2 aromatic rings. The Labute approximate surface area is 140 Å². The Bertz CT molecular complexity index is 791. The molecule has 1 N–H and O–H groups in total. The van der Waals surface area contributed by atoms with Gasteiger partial charge in [0.15, 0.2) is 11.6 Å². The average Bonchev–Trinajstić information content (AvgIpc) is 3.19. The van der Waals surface area contributed by atoms with Crippen LogP contribution >= 0.6 is 0 Å². The van der Waals surface area contributed by atoms with Gasteiger partial charge in [-0.15, -0.1) is 0 Å². The molecule has 0 unspecified atom stereocenters. The van der Waals surface area contributed by atoms with Crippen molar-refractivity contribution in [2.75, 3.05) is 6.54 Å². The normalized spacial score (nSPS) is 17.5. The van der Waals surface area contributed by atoms with Gasteiger partial charge < -0.3 is 4.90 Å². The third kappa shape index (κ3) is 2.83. The van der Waals surface area contributed by atoms with Gasteiger partial charge in [0.05, 0.1) is 17.3 Å². The topological polar surface area (TPSA) is 96.8 Å². The van der Waals surface area contributed by atoms with E-state index in [4.69, 9.17) is 0 Å². The van der Waals surface area contributed by atoms with E-state index < -0.39 is 0 Å². The fourth-order valence-electron chi connectivity index (χ4n) is 3.42. The summed E-state index contributed by atoms with van der Waals surface area (Å²) >= 11 is 0. The number of nitrogens with zero attached hydrogens (tertiary/aromatic N) is 5. The van der Waals surface area contributed by atoms with Crippen LogP contribution in [0, 0.1) is 20.8 Å². The number of ketones is 1. The van der Waals surface area contributed by atoms with Crippen LogP contribution in [-0.4, -0.2) is 48.1 Å². The Hall–Kier alpha value is -2.51. The van der Waals surface area contributed by atoms with Gasteiger partial charge in [0, 0.05) is 12.2 Å². The van der Waals surface area contributed by atoms with Crippen LogP contribution in [0.2, 0.25) is 0 Å². The van der Waals surface area contributed by atoms with Crippen LogP contribution in [0.25, 0.3) is 0 Å². The number of hydrogen-bond acceptors (Lipinski definition) is 5. The van der Waals surface area contributed by atoms with E-state index in [9.17, 15) is 9.59 Å². The molecule has 0 saturated carbocycles. The summed E-state index contributed by atoms with van der Waals surface area (Å²) in [6.45, 7) is 7.79. The number of H-pyrrole nitrogens is 1. The Balaban J connectivity index is 1.80. The minimum atomic E-state index is -0.0910. The first kappa shape index (κ1) is 16.4. The van der Waals surface area contributed by atoms with Crippen molar-refractivity contribution in [3.8, 4) is 0 Å². The summed E-state index contributed by atoms with van der Waals surface area (Å²) in [4.78, 5) is 30.7. The summed E-state index contributed by atoms with van der Waals surface area (Å²) in [5, 5.41) is 11.4. The van der Waals surface area contributed by atoms with Crippen molar-refractivity contribution in [2.24, 2.45) is 0 Å². The number of Topliss-reactive ketones (excluding diaryl/α,β-unsaturated/α-hetero) is 1. The zero-order valence-electron chi connectivity index (χ0n) is 14.5. The molecule has 1 aliphatic heterocycles. The Morgan fingerprint density at radius 3 is 2.62 bits per heavy atom. The molecule has 3 rings (SSSR count). The van der Waals surface area contributed by atoms with Crippen LogP contribution in [0.4, 0.5) is 0 Å². The third-order valence-electron chi connectivity index (χ3n) is 4.50. The molecule has 1 amide bonds. The molecule has 128 valence electrons. The number of aryl methyl sites for hydroxylation is 2. The van der Waals surface area contributed by atoms with Gasteiger partial charge >= 0.3 is 0 Å². The molecule has 1 aliphatic rings. The van der Waals surface area contributed by atoms with Gasteiger partial charge in [-0.25, -0.2) is 4.98 Å². The summed E-state index contributed by atoms with van der Waals surface area (Å²) in [5.41, 5.74) is 2.00. The van der Waals surface area contributed by atoms with E-state index in [1.165, 1.54) is 6.92 Å². The molecule has 1 atom stereocenters. The molecule has 24 heavy (non-hydrogen) atoms. The number of nitrogens with one attached hydrogen (secondary N) is 1. The number of aromatic nitrogens is 5. The van der Waals surface area contributed by atoms with E-state index in [2.05, 4.69) is 20.3 Å². The van der Waals surface area contributed by atoms with Crippen molar-refractivity contribution in [2.45, 2.75) is 53.1 Å². The van der Waals surface area contributed by atoms with Gasteiger partial charge in [0.1, 0.15) is 12.4 Å². The predicted molar refractivity (Wildman–Crippen MR) is 86.5 cm³/mol. The lowest BCUT2D eigenvalue weighted by Gasteiger charge is -2.22. The molecule has 0 bridgehead atoms. The molecule has 0 aliphatic carbocycles. The smallest absolute Gasteiger partial charge is 0.244 e. The van der Waals surface area contributed by atoms with Gasteiger partial charge in [-0.05, 0) is 40.5 Å². The van der Waals surface area contributed by atoms with Gasteiger partial charge in [0.25, 0.3) is 0 Å². The quantitative estimate of drug-likeness (QED) is 0.857. The molecule has 3 heterocycles. The van der Waals surface area contributed by atoms with Crippen LogP contribution in [0.1, 0.15) is 59.2 Å². The van der Waals surface area contributed by atoms with Gasteiger partial charge in [-0.2, -0.15) is 10.2 Å². The maximum atomic E-state index is 12.8. The Morgan fingerprint density at radius 1 is 1.29 bits per heavy atom. The van der Waals surface area contributed by atoms with E-state index in [0.717, 1.165) is 24.4 Å². The first-order chi connectivity index (χ1) is 11.4. The van der Waals surface area contributed by atoms with Crippen molar-refractivity contribution < 1.29 is 9.59 Å². The van der Waals surface area contributed by atoms with E-state index in [0.29, 0.717) is 23.6 Å². The number of carbonyl (C=O) groups excluding carboxylic acids is 2. The Kier molecular flexibility index (Phi) is 4.21. The largest absolute Gasteiger partial charge is 0.331 e. The third-order valence-corrected chi connectivity index (χ3v) is 4.50. The highest BCUT2D eigenvalue weighted by Gasteiger charge is 2.33. The molecule has 2 aromatic heterocycles. The van der Waals surface area contributed by atoms with E-state index >= 15 is 0 Å². The zero-order valence-corrected chi connectivity index (χ0v) is 14.5. The van der Waals surface area contributed by atoms with Crippen LogP contribution < -0.4 is 0 Å². The second-order valence-corrected chi connectivity index (χ2v) is 6.28. The second-order valence-electron chi connectivity index (χ2n) is 6.28. The number of aromatic amines is 1. The summed E-state index contributed by atoms with van der Waals surface area (Å²) in [6, 6.07) is -0.0910. The van der Waals surface area contributed by atoms with Crippen molar-refractivity contribution in [1.29, 1.82) is 0 Å². The van der Waals surface area contributed by atoms with Gasteiger partial charge in [-0.3, -0.25) is 19.4 Å². The zero-order chi connectivity index (χ0) is 17.4. The van der Waals surface area contributed by atoms with Crippen LogP contribution in [0.3, 0.4) is 0 Å². The molecule has 8 heteroatoms. The summed E-state index contributed by atoms with van der Waals surface area (Å²) in [6.07, 6.45) is 1.79. The lowest BCUT2D eigenvalue weighted by atomic mass is 10.1. The van der Waals surface area contributed by atoms with Gasteiger partial charge in [-0.1, -0.05) is 0 Å². The number of likely N-dealkylation sites (tertiary alicyclic amines) is 1. The maximum absolute atomic E-state index is 12.8. The van der Waals surface area contributed by atoms with Crippen LogP contribution in [0.5, 0.6) is 0 Å². The molecule has 0 spiro atoms. The van der Waals surface area contributed by atoms with Crippen molar-refractivity contribution in [3.63, 3.8) is 0 Å². The minimum Gasteiger partial charge on any atom is -0.331 e. The molecule has 1 saturated heterocycles.